The van der Waals surface area contributed by atoms with Crippen molar-refractivity contribution < 1.29 is 22.8 Å². The van der Waals surface area contributed by atoms with Crippen molar-refractivity contribution in [2.75, 3.05) is 40.3 Å². The van der Waals surface area contributed by atoms with Crippen molar-refractivity contribution in [1.29, 1.82) is 0 Å². The molecule has 8 nitrogen and oxygen atoms in total. The first kappa shape index (κ1) is 29.7. The van der Waals surface area contributed by atoms with Crippen LogP contribution in [0.1, 0.15) is 53.2 Å². The van der Waals surface area contributed by atoms with Crippen molar-refractivity contribution in [3.63, 3.8) is 0 Å². The molecule has 2 aromatic carbocycles. The van der Waals surface area contributed by atoms with Crippen LogP contribution in [0.15, 0.2) is 48.8 Å². The van der Waals surface area contributed by atoms with Crippen molar-refractivity contribution in [2.45, 2.75) is 38.1 Å². The van der Waals surface area contributed by atoms with Gasteiger partial charge in [-0.05, 0) is 73.2 Å². The maximum atomic E-state index is 16.3. The van der Waals surface area contributed by atoms with Crippen LogP contribution in [0.25, 0.3) is 27.6 Å². The van der Waals surface area contributed by atoms with Crippen LogP contribution in [0, 0.1) is 17.5 Å². The van der Waals surface area contributed by atoms with Gasteiger partial charge in [0, 0.05) is 69.1 Å². The Morgan fingerprint density at radius 2 is 1.82 bits per heavy atom. The first-order valence-corrected chi connectivity index (χ1v) is 14.9. The lowest BCUT2D eigenvalue weighted by atomic mass is 9.87. The van der Waals surface area contributed by atoms with E-state index in [1.54, 1.807) is 54.3 Å². The second-order valence-electron chi connectivity index (χ2n) is 11.7. The van der Waals surface area contributed by atoms with Crippen molar-refractivity contribution >= 4 is 28.3 Å². The number of nitrogens with zero attached hydrogens (tertiary/aromatic N) is 4. The minimum absolute atomic E-state index is 0.0159. The standard InChI is InChI=1S/C33H35F3N6O2/c1-40(2)33(44)27-18-26-25(23-7-6-22(29(34)30(23)35)20-8-12-37-13-9-20)17-24(31(36)32(26)39-27)21-5-3-14-41(19-21)28(43)10-16-42-15-4-11-38-42/h4-7,11,15,17-18,20,37,39H,3,8-10,12-14,16,19H2,1-2H3. The molecular formula is C33H35F3N6O2. The van der Waals surface area contributed by atoms with E-state index in [1.165, 1.54) is 17.0 Å². The molecule has 1 saturated heterocycles. The highest BCUT2D eigenvalue weighted by molar-refractivity contribution is 6.04. The molecule has 2 aromatic heterocycles. The van der Waals surface area contributed by atoms with E-state index in [-0.39, 0.29) is 64.0 Å². The average molecular weight is 605 g/mol. The number of H-pyrrole nitrogens is 1. The van der Waals surface area contributed by atoms with Crippen LogP contribution < -0.4 is 5.32 Å². The maximum Gasteiger partial charge on any atom is 0.269 e. The number of amides is 2. The molecule has 0 saturated carbocycles. The van der Waals surface area contributed by atoms with Gasteiger partial charge >= 0.3 is 0 Å². The number of aromatic nitrogens is 3. The second kappa shape index (κ2) is 12.3. The fourth-order valence-corrected chi connectivity index (χ4v) is 6.25. The number of piperidine rings is 1. The van der Waals surface area contributed by atoms with Crippen molar-refractivity contribution in [1.82, 2.24) is 29.9 Å². The summed E-state index contributed by atoms with van der Waals surface area (Å²) in [5.74, 6) is -3.09. The van der Waals surface area contributed by atoms with Crippen LogP contribution in [0.3, 0.4) is 0 Å². The van der Waals surface area contributed by atoms with Gasteiger partial charge in [-0.2, -0.15) is 5.10 Å². The SMILES string of the molecule is CN(C)C(=O)c1cc2c(-c3ccc(C4CCNCC4)c(F)c3F)cc(C3=CCCN(C(=O)CCn4cccn4)C3)c(F)c2[nH]1. The number of aromatic amines is 1. The predicted molar refractivity (Wildman–Crippen MR) is 162 cm³/mol. The van der Waals surface area contributed by atoms with E-state index in [1.807, 2.05) is 6.08 Å². The summed E-state index contributed by atoms with van der Waals surface area (Å²) in [6, 6.07) is 7.96. The highest BCUT2D eigenvalue weighted by Gasteiger charge is 2.28. The van der Waals surface area contributed by atoms with Gasteiger partial charge in [-0.3, -0.25) is 14.3 Å². The quantitative estimate of drug-likeness (QED) is 0.299. The number of benzene rings is 2. The van der Waals surface area contributed by atoms with E-state index in [4.69, 9.17) is 0 Å². The molecule has 2 N–H and O–H groups in total. The van der Waals surface area contributed by atoms with Gasteiger partial charge in [0.2, 0.25) is 5.91 Å². The lowest BCUT2D eigenvalue weighted by Gasteiger charge is -2.28. The van der Waals surface area contributed by atoms with Crippen molar-refractivity contribution in [2.24, 2.45) is 0 Å². The van der Waals surface area contributed by atoms with Gasteiger partial charge in [0.25, 0.3) is 5.91 Å². The van der Waals surface area contributed by atoms with Gasteiger partial charge in [-0.25, -0.2) is 13.2 Å². The van der Waals surface area contributed by atoms with E-state index >= 15 is 13.2 Å². The second-order valence-corrected chi connectivity index (χ2v) is 11.7. The summed E-state index contributed by atoms with van der Waals surface area (Å²) >= 11 is 0. The van der Waals surface area contributed by atoms with E-state index in [0.717, 1.165) is 13.1 Å². The first-order chi connectivity index (χ1) is 21.2. The summed E-state index contributed by atoms with van der Waals surface area (Å²) in [4.78, 5) is 31.8. The molecule has 11 heteroatoms. The zero-order valence-electron chi connectivity index (χ0n) is 24.8. The summed E-state index contributed by atoms with van der Waals surface area (Å²) in [5, 5.41) is 7.65. The Morgan fingerprint density at radius 1 is 1.02 bits per heavy atom. The minimum Gasteiger partial charge on any atom is -0.348 e. The Labute approximate surface area is 253 Å². The zero-order valence-corrected chi connectivity index (χ0v) is 24.8. The fraction of sp³-hybridized carbons (Fsp3) is 0.364. The van der Waals surface area contributed by atoms with E-state index < -0.39 is 17.5 Å². The fourth-order valence-electron chi connectivity index (χ4n) is 6.25. The van der Waals surface area contributed by atoms with Crippen LogP contribution >= 0.6 is 0 Å². The molecule has 1 fully saturated rings. The Kier molecular flexibility index (Phi) is 8.31. The highest BCUT2D eigenvalue weighted by atomic mass is 19.2. The lowest BCUT2D eigenvalue weighted by molar-refractivity contribution is -0.131. The maximum absolute atomic E-state index is 16.3. The monoisotopic (exact) mass is 604 g/mol. The number of aryl methyl sites for hydroxylation is 1. The van der Waals surface area contributed by atoms with Gasteiger partial charge in [0.15, 0.2) is 17.5 Å². The van der Waals surface area contributed by atoms with Crippen LogP contribution in [0.5, 0.6) is 0 Å². The third-order valence-electron chi connectivity index (χ3n) is 8.63. The van der Waals surface area contributed by atoms with Crippen molar-refractivity contribution in [3.8, 4) is 11.1 Å². The van der Waals surface area contributed by atoms with Gasteiger partial charge in [0.05, 0.1) is 5.52 Å². The number of fused-ring (bicyclic) bond motifs is 1. The summed E-state index contributed by atoms with van der Waals surface area (Å²) in [6.07, 6.45) is 7.47. The van der Waals surface area contributed by atoms with Gasteiger partial charge in [-0.15, -0.1) is 0 Å². The molecule has 4 heterocycles. The number of hydrogen-bond donors (Lipinski definition) is 2. The summed E-state index contributed by atoms with van der Waals surface area (Å²) < 4.78 is 49.5. The van der Waals surface area contributed by atoms with Crippen LogP contribution in [-0.2, 0) is 11.3 Å². The molecule has 0 bridgehead atoms. The molecule has 0 radical (unpaired) electrons. The third kappa shape index (κ3) is 5.63. The van der Waals surface area contributed by atoms with Crippen LogP contribution in [-0.4, -0.2) is 76.7 Å². The smallest absolute Gasteiger partial charge is 0.269 e. The summed E-state index contributed by atoms with van der Waals surface area (Å²) in [5.41, 5.74) is 1.47. The van der Waals surface area contributed by atoms with E-state index in [0.29, 0.717) is 43.5 Å². The minimum atomic E-state index is -1.00. The number of carbonyl (C=O) groups is 2. The molecule has 0 atom stereocenters. The molecule has 0 spiro atoms. The molecule has 2 amide bonds. The largest absolute Gasteiger partial charge is 0.348 e. The molecule has 2 aliphatic heterocycles. The molecule has 230 valence electrons. The molecule has 0 unspecified atom stereocenters. The molecular weight excluding hydrogens is 569 g/mol. The Bertz CT molecular complexity index is 1740. The molecule has 2 aliphatic rings. The molecule has 6 rings (SSSR count). The van der Waals surface area contributed by atoms with Crippen LogP contribution in [0.4, 0.5) is 13.2 Å². The molecule has 0 aliphatic carbocycles. The molecule has 4 aromatic rings. The Hall–Kier alpha value is -4.38. The van der Waals surface area contributed by atoms with Crippen molar-refractivity contribution in [3.05, 3.63) is 83.1 Å². The Balaban J connectivity index is 1.41. The lowest BCUT2D eigenvalue weighted by Crippen LogP contribution is -2.36. The predicted octanol–water partition coefficient (Wildman–Crippen LogP) is 5.32. The van der Waals surface area contributed by atoms with E-state index in [2.05, 4.69) is 15.4 Å². The molecule has 44 heavy (non-hydrogen) atoms. The zero-order chi connectivity index (χ0) is 31.0. The normalized spacial score (nSPS) is 15.9. The average Bonchev–Trinajstić information content (AvgIpc) is 3.73. The number of carbonyl (C=O) groups excluding carboxylic acids is 2. The first-order valence-electron chi connectivity index (χ1n) is 14.9. The van der Waals surface area contributed by atoms with Gasteiger partial charge in [0.1, 0.15) is 5.69 Å². The van der Waals surface area contributed by atoms with Gasteiger partial charge < -0.3 is 20.1 Å². The Morgan fingerprint density at radius 3 is 2.55 bits per heavy atom. The number of rotatable bonds is 7. The van der Waals surface area contributed by atoms with Gasteiger partial charge in [-0.1, -0.05) is 18.2 Å². The number of hydrogen-bond acceptors (Lipinski definition) is 4. The third-order valence-corrected chi connectivity index (χ3v) is 8.63. The summed E-state index contributed by atoms with van der Waals surface area (Å²) in [7, 11) is 3.16. The number of halogens is 3. The topological polar surface area (TPSA) is 86.3 Å². The number of nitrogens with one attached hydrogen (secondary N) is 2. The van der Waals surface area contributed by atoms with E-state index in [9.17, 15) is 9.59 Å². The van der Waals surface area contributed by atoms with Crippen LogP contribution in [0.2, 0.25) is 0 Å². The highest BCUT2D eigenvalue weighted by Crippen LogP contribution is 2.40. The summed E-state index contributed by atoms with van der Waals surface area (Å²) in [6.45, 7) is 2.55.